The minimum Gasteiger partial charge on any atom is -0.508 e. The third kappa shape index (κ3) is 3.56. The van der Waals surface area contributed by atoms with Gasteiger partial charge in [-0.15, -0.1) is 0 Å². The van der Waals surface area contributed by atoms with E-state index in [9.17, 15) is 5.11 Å². The van der Waals surface area contributed by atoms with Crippen LogP contribution in [0.1, 0.15) is 6.42 Å². The number of phenolic OH excluding ortho intramolecular Hbond substituents is 1. The molecule has 1 N–H and O–H groups in total. The maximum atomic E-state index is 9.22. The Hall–Kier alpha value is -0.233. The van der Waals surface area contributed by atoms with Crippen molar-refractivity contribution in [3.8, 4) is 11.5 Å². The number of halogens is 1. The van der Waals surface area contributed by atoms with Crippen LogP contribution in [0.15, 0.2) is 18.2 Å². The Morgan fingerprint density at radius 1 is 1.46 bits per heavy atom. The van der Waals surface area contributed by atoms with E-state index >= 15 is 0 Å². The molecule has 2 nitrogen and oxygen atoms in total. The average molecular weight is 308 g/mol. The third-order valence-electron chi connectivity index (χ3n) is 1.67. The van der Waals surface area contributed by atoms with Crippen LogP contribution in [0.25, 0.3) is 0 Å². The molecular formula is C9H13IO2Si. The van der Waals surface area contributed by atoms with E-state index in [1.54, 1.807) is 12.1 Å². The fraction of sp³-hybridized carbons (Fsp3) is 0.333. The zero-order chi connectivity index (χ0) is 9.68. The third-order valence-corrected chi connectivity index (χ3v) is 3.27. The Labute approximate surface area is 94.9 Å². The lowest BCUT2D eigenvalue weighted by Gasteiger charge is -2.07. The molecule has 0 bridgehead atoms. The molecule has 1 aromatic rings. The van der Waals surface area contributed by atoms with Gasteiger partial charge in [-0.05, 0) is 41.1 Å². The molecule has 72 valence electrons. The van der Waals surface area contributed by atoms with Gasteiger partial charge in [-0.1, -0.05) is 6.04 Å². The normalized spacial score (nSPS) is 10.2. The lowest BCUT2D eigenvalue weighted by atomic mass is 10.3. The molecule has 0 saturated heterocycles. The highest BCUT2D eigenvalue weighted by atomic mass is 127. The largest absolute Gasteiger partial charge is 0.508 e. The Balaban J connectivity index is 2.59. The second kappa shape index (κ2) is 5.49. The molecule has 1 rings (SSSR count). The van der Waals surface area contributed by atoms with E-state index in [0.717, 1.165) is 22.3 Å². The van der Waals surface area contributed by atoms with Gasteiger partial charge in [0.25, 0.3) is 0 Å². The summed E-state index contributed by atoms with van der Waals surface area (Å²) in [5, 5.41) is 9.22. The van der Waals surface area contributed by atoms with Crippen LogP contribution in [0.4, 0.5) is 0 Å². The van der Waals surface area contributed by atoms with Gasteiger partial charge >= 0.3 is 0 Å². The predicted molar refractivity (Wildman–Crippen MR) is 65.7 cm³/mol. The minimum absolute atomic E-state index is 0.265. The lowest BCUT2D eigenvalue weighted by molar-refractivity contribution is 0.313. The summed E-state index contributed by atoms with van der Waals surface area (Å²) in [6.07, 6.45) is 1.11. The summed E-state index contributed by atoms with van der Waals surface area (Å²) >= 11 is 2.20. The first-order chi connectivity index (χ1) is 6.24. The van der Waals surface area contributed by atoms with E-state index in [2.05, 4.69) is 22.6 Å². The summed E-state index contributed by atoms with van der Waals surface area (Å²) in [6, 6.07) is 6.44. The molecule has 0 aromatic heterocycles. The van der Waals surface area contributed by atoms with Crippen LogP contribution in [-0.4, -0.2) is 22.0 Å². The quantitative estimate of drug-likeness (QED) is 0.519. The standard InChI is InChI=1S/C9H13IO2Si/c10-8-3-2-7(11)6-9(8)12-4-1-5-13/h2-3,6,11H,1,4-5H2,13H3. The molecule has 0 atom stereocenters. The summed E-state index contributed by atoms with van der Waals surface area (Å²) in [7, 11) is 1.23. The molecule has 13 heavy (non-hydrogen) atoms. The van der Waals surface area contributed by atoms with Gasteiger partial charge in [-0.2, -0.15) is 0 Å². The second-order valence-electron chi connectivity index (χ2n) is 2.82. The van der Waals surface area contributed by atoms with Crippen molar-refractivity contribution in [3.05, 3.63) is 21.8 Å². The number of rotatable bonds is 4. The molecule has 0 heterocycles. The van der Waals surface area contributed by atoms with Gasteiger partial charge in [0, 0.05) is 16.3 Å². The molecule has 0 unspecified atom stereocenters. The Morgan fingerprint density at radius 2 is 2.23 bits per heavy atom. The first-order valence-electron chi connectivity index (χ1n) is 4.35. The van der Waals surface area contributed by atoms with Crippen molar-refractivity contribution in [2.45, 2.75) is 12.5 Å². The number of benzene rings is 1. The molecule has 1 aromatic carbocycles. The molecule has 0 spiro atoms. The van der Waals surface area contributed by atoms with Gasteiger partial charge in [-0.25, -0.2) is 0 Å². The van der Waals surface area contributed by atoms with Crippen LogP contribution in [-0.2, 0) is 0 Å². The topological polar surface area (TPSA) is 29.5 Å². The van der Waals surface area contributed by atoms with E-state index in [1.807, 2.05) is 6.07 Å². The lowest BCUT2D eigenvalue weighted by Crippen LogP contribution is -1.98. The molecule has 0 amide bonds. The number of hydrogen-bond acceptors (Lipinski definition) is 2. The highest BCUT2D eigenvalue weighted by Crippen LogP contribution is 2.25. The van der Waals surface area contributed by atoms with Gasteiger partial charge in [0.05, 0.1) is 10.2 Å². The van der Waals surface area contributed by atoms with E-state index < -0.39 is 0 Å². The Bertz CT molecular complexity index is 278. The van der Waals surface area contributed by atoms with Crippen LogP contribution >= 0.6 is 22.6 Å². The SMILES string of the molecule is Oc1ccc(I)c(OCCC[SiH3])c1. The highest BCUT2D eigenvalue weighted by molar-refractivity contribution is 14.1. The van der Waals surface area contributed by atoms with Crippen molar-refractivity contribution in [2.24, 2.45) is 0 Å². The van der Waals surface area contributed by atoms with Crippen LogP contribution < -0.4 is 4.74 Å². The first-order valence-corrected chi connectivity index (χ1v) is 6.84. The monoisotopic (exact) mass is 308 g/mol. The summed E-state index contributed by atoms with van der Waals surface area (Å²) in [5.41, 5.74) is 0. The summed E-state index contributed by atoms with van der Waals surface area (Å²) in [4.78, 5) is 0. The van der Waals surface area contributed by atoms with Crippen molar-refractivity contribution in [3.63, 3.8) is 0 Å². The highest BCUT2D eigenvalue weighted by Gasteiger charge is 2.01. The molecule has 0 fully saturated rings. The molecule has 0 aliphatic carbocycles. The molecule has 4 heteroatoms. The van der Waals surface area contributed by atoms with Crippen LogP contribution in [0.5, 0.6) is 11.5 Å². The van der Waals surface area contributed by atoms with E-state index in [4.69, 9.17) is 4.74 Å². The predicted octanol–water partition coefficient (Wildman–Crippen LogP) is 1.55. The first kappa shape index (κ1) is 10.8. The number of hydrogen-bond donors (Lipinski definition) is 1. The van der Waals surface area contributed by atoms with Gasteiger partial charge < -0.3 is 9.84 Å². The van der Waals surface area contributed by atoms with Crippen molar-refractivity contribution in [1.29, 1.82) is 0 Å². The van der Waals surface area contributed by atoms with Gasteiger partial charge in [0.15, 0.2) is 0 Å². The molecule has 0 aliphatic heterocycles. The van der Waals surface area contributed by atoms with Crippen molar-refractivity contribution in [1.82, 2.24) is 0 Å². The fourth-order valence-corrected chi connectivity index (χ4v) is 1.71. The van der Waals surface area contributed by atoms with Crippen molar-refractivity contribution >= 4 is 32.8 Å². The van der Waals surface area contributed by atoms with Crippen LogP contribution in [0, 0.1) is 3.57 Å². The zero-order valence-electron chi connectivity index (χ0n) is 7.59. The van der Waals surface area contributed by atoms with Gasteiger partial charge in [0.1, 0.15) is 11.5 Å². The van der Waals surface area contributed by atoms with Crippen molar-refractivity contribution < 1.29 is 9.84 Å². The summed E-state index contributed by atoms with van der Waals surface area (Å²) in [5.74, 6) is 1.05. The summed E-state index contributed by atoms with van der Waals surface area (Å²) in [6.45, 7) is 0.753. The molecule has 0 aliphatic rings. The maximum absolute atomic E-state index is 9.22. The number of phenols is 1. The molecular weight excluding hydrogens is 295 g/mol. The van der Waals surface area contributed by atoms with E-state index in [0.29, 0.717) is 0 Å². The zero-order valence-corrected chi connectivity index (χ0v) is 11.7. The minimum atomic E-state index is 0.265. The molecule has 0 saturated carbocycles. The number of ether oxygens (including phenoxy) is 1. The summed E-state index contributed by atoms with van der Waals surface area (Å²) < 4.78 is 6.56. The van der Waals surface area contributed by atoms with Gasteiger partial charge in [0.2, 0.25) is 0 Å². The van der Waals surface area contributed by atoms with Gasteiger partial charge in [-0.3, -0.25) is 0 Å². The van der Waals surface area contributed by atoms with E-state index in [-0.39, 0.29) is 5.75 Å². The number of aromatic hydroxyl groups is 1. The van der Waals surface area contributed by atoms with E-state index in [1.165, 1.54) is 16.3 Å². The van der Waals surface area contributed by atoms with Crippen LogP contribution in [0.3, 0.4) is 0 Å². The maximum Gasteiger partial charge on any atom is 0.136 e. The fourth-order valence-electron chi connectivity index (χ4n) is 0.929. The van der Waals surface area contributed by atoms with Crippen molar-refractivity contribution in [2.75, 3.05) is 6.61 Å². The Morgan fingerprint density at radius 3 is 2.92 bits per heavy atom. The Kier molecular flexibility index (Phi) is 4.58. The smallest absolute Gasteiger partial charge is 0.136 e. The second-order valence-corrected chi connectivity index (χ2v) is 4.98. The average Bonchev–Trinajstić information content (AvgIpc) is 2.11. The molecule has 0 radical (unpaired) electrons. The van der Waals surface area contributed by atoms with Crippen LogP contribution in [0.2, 0.25) is 6.04 Å².